The molecule has 0 radical (unpaired) electrons. The Morgan fingerprint density at radius 3 is 2.71 bits per heavy atom. The van der Waals surface area contributed by atoms with Crippen LogP contribution in [0.5, 0.6) is 0 Å². The molecule has 0 saturated carbocycles. The number of aliphatic imine (C=N–C) groups is 1. The van der Waals surface area contributed by atoms with Gasteiger partial charge in [0.15, 0.2) is 5.17 Å². The fraction of sp³-hybridized carbons (Fsp3) is 0.0870. The van der Waals surface area contributed by atoms with E-state index in [1.807, 2.05) is 32.0 Å². The number of rotatable bonds is 4. The van der Waals surface area contributed by atoms with E-state index in [1.165, 1.54) is 30.0 Å². The molecule has 2 aromatic carbocycles. The van der Waals surface area contributed by atoms with E-state index >= 15 is 0 Å². The van der Waals surface area contributed by atoms with E-state index < -0.39 is 5.97 Å². The minimum atomic E-state index is -1.05. The van der Waals surface area contributed by atoms with E-state index in [9.17, 15) is 14.7 Å². The molecule has 3 aromatic rings. The standard InChI is InChI=1S/C23H17ClN2O4S/c1-12-3-7-18(13(2)9-12)25-23-26-21(27)20(31-23)11-15-5-8-19(30-15)16-10-14(22(28)29)4-6-17(16)24/h3-11H,1-2H3,(H,28,29)(H,25,26,27)/b20-11-. The van der Waals surface area contributed by atoms with Crippen molar-refractivity contribution in [2.24, 2.45) is 4.99 Å². The Hall–Kier alpha value is -3.29. The third-order valence-electron chi connectivity index (χ3n) is 4.60. The number of nitrogens with zero attached hydrogens (tertiary/aromatic N) is 1. The van der Waals surface area contributed by atoms with Crippen molar-refractivity contribution in [2.45, 2.75) is 13.8 Å². The number of carbonyl (C=O) groups is 2. The first-order valence-electron chi connectivity index (χ1n) is 9.30. The Bertz CT molecular complexity index is 1280. The Balaban J connectivity index is 1.58. The summed E-state index contributed by atoms with van der Waals surface area (Å²) >= 11 is 7.43. The smallest absolute Gasteiger partial charge is 0.335 e. The molecule has 1 fully saturated rings. The molecule has 0 unspecified atom stereocenters. The summed E-state index contributed by atoms with van der Waals surface area (Å²) in [7, 11) is 0. The Labute approximate surface area is 187 Å². The molecular weight excluding hydrogens is 436 g/mol. The second-order valence-corrected chi connectivity index (χ2v) is 8.41. The minimum Gasteiger partial charge on any atom is -0.478 e. The molecule has 0 bridgehead atoms. The van der Waals surface area contributed by atoms with Gasteiger partial charge in [-0.05, 0) is 67.6 Å². The number of amides is 1. The minimum absolute atomic E-state index is 0.105. The van der Waals surface area contributed by atoms with Gasteiger partial charge in [0, 0.05) is 11.6 Å². The molecule has 0 aliphatic carbocycles. The van der Waals surface area contributed by atoms with E-state index in [1.54, 1.807) is 18.2 Å². The van der Waals surface area contributed by atoms with Crippen molar-refractivity contribution in [1.82, 2.24) is 5.32 Å². The number of carbonyl (C=O) groups excluding carboxylic acids is 1. The average Bonchev–Trinajstić information content (AvgIpc) is 3.31. The zero-order valence-corrected chi connectivity index (χ0v) is 18.2. The molecule has 31 heavy (non-hydrogen) atoms. The summed E-state index contributed by atoms with van der Waals surface area (Å²) < 4.78 is 5.79. The molecule has 156 valence electrons. The molecule has 2 N–H and O–H groups in total. The monoisotopic (exact) mass is 452 g/mol. The van der Waals surface area contributed by atoms with Gasteiger partial charge in [-0.25, -0.2) is 9.79 Å². The van der Waals surface area contributed by atoms with Crippen molar-refractivity contribution in [3.8, 4) is 11.3 Å². The van der Waals surface area contributed by atoms with Crippen LogP contribution >= 0.6 is 23.4 Å². The van der Waals surface area contributed by atoms with E-state index in [0.717, 1.165) is 16.8 Å². The van der Waals surface area contributed by atoms with Crippen molar-refractivity contribution in [1.29, 1.82) is 0 Å². The molecule has 8 heteroatoms. The molecule has 1 aliphatic rings. The maximum absolute atomic E-state index is 12.4. The normalized spacial score (nSPS) is 16.2. The van der Waals surface area contributed by atoms with E-state index in [-0.39, 0.29) is 11.5 Å². The number of thioether (sulfide) groups is 1. The molecule has 1 amide bonds. The van der Waals surface area contributed by atoms with Crippen LogP contribution in [0.3, 0.4) is 0 Å². The van der Waals surface area contributed by atoms with Crippen molar-refractivity contribution in [2.75, 3.05) is 0 Å². The zero-order chi connectivity index (χ0) is 22.1. The van der Waals surface area contributed by atoms with Crippen LogP contribution in [0.2, 0.25) is 5.02 Å². The quantitative estimate of drug-likeness (QED) is 0.487. The summed E-state index contributed by atoms with van der Waals surface area (Å²) in [5.74, 6) is -0.469. The number of aryl methyl sites for hydroxylation is 2. The van der Waals surface area contributed by atoms with E-state index in [0.29, 0.717) is 32.2 Å². The lowest BCUT2D eigenvalue weighted by Crippen LogP contribution is -2.19. The van der Waals surface area contributed by atoms with Crippen LogP contribution in [0.25, 0.3) is 17.4 Å². The summed E-state index contributed by atoms with van der Waals surface area (Å²) in [5, 5.41) is 12.8. The number of furan rings is 1. The third-order valence-corrected chi connectivity index (χ3v) is 5.84. The number of nitrogens with one attached hydrogen (secondary N) is 1. The lowest BCUT2D eigenvalue weighted by atomic mass is 10.1. The molecule has 4 rings (SSSR count). The summed E-state index contributed by atoms with van der Waals surface area (Å²) in [4.78, 5) is 28.6. The summed E-state index contributed by atoms with van der Waals surface area (Å²) in [6.07, 6.45) is 1.61. The number of carboxylic acids is 1. The summed E-state index contributed by atoms with van der Waals surface area (Å²) in [6, 6.07) is 13.7. The van der Waals surface area contributed by atoms with Crippen LogP contribution in [0.15, 0.2) is 62.8 Å². The summed E-state index contributed by atoms with van der Waals surface area (Å²) in [6.45, 7) is 3.99. The Kier molecular flexibility index (Phi) is 5.71. The number of hydrogen-bond acceptors (Lipinski definition) is 5. The number of hydrogen-bond donors (Lipinski definition) is 2. The molecular formula is C23H17ClN2O4S. The van der Waals surface area contributed by atoms with Gasteiger partial charge in [0.2, 0.25) is 0 Å². The van der Waals surface area contributed by atoms with Crippen LogP contribution in [0.1, 0.15) is 27.2 Å². The Morgan fingerprint density at radius 1 is 1.16 bits per heavy atom. The third kappa shape index (κ3) is 4.57. The van der Waals surface area contributed by atoms with Crippen LogP contribution in [0.4, 0.5) is 5.69 Å². The topological polar surface area (TPSA) is 91.9 Å². The van der Waals surface area contributed by atoms with Crippen molar-refractivity contribution in [3.05, 3.63) is 80.9 Å². The predicted octanol–water partition coefficient (Wildman–Crippen LogP) is 5.81. The van der Waals surface area contributed by atoms with Crippen LogP contribution in [0, 0.1) is 13.8 Å². The highest BCUT2D eigenvalue weighted by Gasteiger charge is 2.24. The summed E-state index contributed by atoms with van der Waals surface area (Å²) in [5.41, 5.74) is 3.53. The fourth-order valence-corrected chi connectivity index (χ4v) is 4.10. The largest absolute Gasteiger partial charge is 0.478 e. The van der Waals surface area contributed by atoms with Crippen molar-refractivity contribution >= 4 is 52.2 Å². The maximum atomic E-state index is 12.4. The van der Waals surface area contributed by atoms with Crippen LogP contribution < -0.4 is 5.32 Å². The van der Waals surface area contributed by atoms with Gasteiger partial charge in [-0.2, -0.15) is 0 Å². The van der Waals surface area contributed by atoms with Gasteiger partial charge in [0.25, 0.3) is 5.91 Å². The molecule has 0 atom stereocenters. The SMILES string of the molecule is Cc1ccc(N=C2NC(=O)/C(=C/c3ccc(-c4cc(C(=O)O)ccc4Cl)o3)S2)c(C)c1. The number of carboxylic acid groups (broad SMARTS) is 1. The first-order chi connectivity index (χ1) is 14.8. The van der Waals surface area contributed by atoms with Crippen LogP contribution in [-0.2, 0) is 4.79 Å². The zero-order valence-electron chi connectivity index (χ0n) is 16.6. The van der Waals surface area contributed by atoms with Crippen molar-refractivity contribution < 1.29 is 19.1 Å². The van der Waals surface area contributed by atoms with Gasteiger partial charge < -0.3 is 14.8 Å². The highest BCUT2D eigenvalue weighted by atomic mass is 35.5. The average molecular weight is 453 g/mol. The molecule has 1 saturated heterocycles. The second kappa shape index (κ2) is 8.45. The molecule has 6 nitrogen and oxygen atoms in total. The lowest BCUT2D eigenvalue weighted by Gasteiger charge is -2.02. The molecule has 2 heterocycles. The second-order valence-electron chi connectivity index (χ2n) is 6.97. The highest BCUT2D eigenvalue weighted by Crippen LogP contribution is 2.33. The maximum Gasteiger partial charge on any atom is 0.335 e. The molecule has 0 spiro atoms. The first kappa shape index (κ1) is 21.0. The lowest BCUT2D eigenvalue weighted by molar-refractivity contribution is -0.115. The van der Waals surface area contributed by atoms with E-state index in [4.69, 9.17) is 16.0 Å². The Morgan fingerprint density at radius 2 is 1.97 bits per heavy atom. The molecule has 1 aromatic heterocycles. The predicted molar refractivity (Wildman–Crippen MR) is 123 cm³/mol. The number of halogens is 1. The molecule has 1 aliphatic heterocycles. The van der Waals surface area contributed by atoms with Gasteiger partial charge in [0.1, 0.15) is 11.5 Å². The number of benzene rings is 2. The number of aromatic carboxylic acids is 1. The van der Waals surface area contributed by atoms with Gasteiger partial charge in [0.05, 0.1) is 21.2 Å². The van der Waals surface area contributed by atoms with Crippen LogP contribution in [-0.4, -0.2) is 22.2 Å². The van der Waals surface area contributed by atoms with Gasteiger partial charge in [-0.1, -0.05) is 29.3 Å². The number of amidine groups is 1. The fourth-order valence-electron chi connectivity index (χ4n) is 3.07. The van der Waals surface area contributed by atoms with E-state index in [2.05, 4.69) is 10.3 Å². The van der Waals surface area contributed by atoms with Gasteiger partial charge in [-0.3, -0.25) is 4.79 Å². The van der Waals surface area contributed by atoms with Crippen molar-refractivity contribution in [3.63, 3.8) is 0 Å². The first-order valence-corrected chi connectivity index (χ1v) is 10.5. The highest BCUT2D eigenvalue weighted by molar-refractivity contribution is 8.18. The van der Waals surface area contributed by atoms with Gasteiger partial charge in [-0.15, -0.1) is 0 Å². The van der Waals surface area contributed by atoms with Gasteiger partial charge >= 0.3 is 5.97 Å².